The lowest BCUT2D eigenvalue weighted by Gasteiger charge is -2.35. The average molecular weight is 418 g/mol. The number of benzene rings is 1. The Kier molecular flexibility index (Phi) is 6.34. The van der Waals surface area contributed by atoms with Crippen LogP contribution in [0.5, 0.6) is 0 Å². The Labute approximate surface area is 174 Å². The van der Waals surface area contributed by atoms with Crippen molar-refractivity contribution in [3.63, 3.8) is 0 Å². The summed E-state index contributed by atoms with van der Waals surface area (Å²) in [4.78, 5) is 23.5. The summed E-state index contributed by atoms with van der Waals surface area (Å²) in [6.45, 7) is 2.31. The highest BCUT2D eigenvalue weighted by atomic mass is 35.5. The monoisotopic (exact) mass is 417 g/mol. The molecular formula is C20H21Cl2N5O. The predicted molar refractivity (Wildman–Crippen MR) is 114 cm³/mol. The minimum Gasteiger partial charge on any atom is -0.339 e. The Bertz CT molecular complexity index is 992. The van der Waals surface area contributed by atoms with Gasteiger partial charge in [0, 0.05) is 61.8 Å². The van der Waals surface area contributed by atoms with E-state index in [0.29, 0.717) is 11.6 Å². The standard InChI is InChI=1S/C20H20ClN5O.ClH/c1-25-19(27)12-17(15-6-8-22-9-7-15)24-20(25)26-11-10-23-18(13-26)14-2-4-16(21)5-3-14;/h2-9,12,18,23H,10-11,13H2,1H3;1H/t18-;/m1./s1. The normalized spacial score (nSPS) is 16.5. The number of aromatic nitrogens is 3. The highest BCUT2D eigenvalue weighted by Crippen LogP contribution is 2.23. The topological polar surface area (TPSA) is 63.1 Å². The summed E-state index contributed by atoms with van der Waals surface area (Å²) in [5.74, 6) is 0.676. The van der Waals surface area contributed by atoms with Crippen molar-refractivity contribution < 1.29 is 0 Å². The maximum Gasteiger partial charge on any atom is 0.255 e. The van der Waals surface area contributed by atoms with Crippen LogP contribution in [0.4, 0.5) is 5.95 Å². The first-order valence-electron chi connectivity index (χ1n) is 8.84. The number of halogens is 2. The molecule has 0 aliphatic carbocycles. The van der Waals surface area contributed by atoms with Crippen LogP contribution >= 0.6 is 24.0 Å². The van der Waals surface area contributed by atoms with Gasteiger partial charge < -0.3 is 10.2 Å². The Hall–Kier alpha value is -2.41. The Morgan fingerprint density at radius 2 is 1.86 bits per heavy atom. The SMILES string of the molecule is Cl.Cn1c(N2CCN[C@@H](c3ccc(Cl)cc3)C2)nc(-c2ccncc2)cc1=O. The number of rotatable bonds is 3. The van der Waals surface area contributed by atoms with Crippen LogP contribution < -0.4 is 15.8 Å². The number of hydrogen-bond acceptors (Lipinski definition) is 5. The first kappa shape index (κ1) is 20.3. The molecule has 4 rings (SSSR count). The first-order valence-corrected chi connectivity index (χ1v) is 9.22. The van der Waals surface area contributed by atoms with E-state index in [1.807, 2.05) is 36.4 Å². The molecule has 0 bridgehead atoms. The second kappa shape index (κ2) is 8.73. The van der Waals surface area contributed by atoms with Gasteiger partial charge in [-0.05, 0) is 29.8 Å². The minimum absolute atomic E-state index is 0. The molecular weight excluding hydrogens is 397 g/mol. The number of piperazine rings is 1. The third kappa shape index (κ3) is 4.19. The average Bonchev–Trinajstić information content (AvgIpc) is 2.71. The summed E-state index contributed by atoms with van der Waals surface area (Å²) in [7, 11) is 1.76. The number of nitrogens with one attached hydrogen (secondary N) is 1. The van der Waals surface area contributed by atoms with Crippen LogP contribution in [0.1, 0.15) is 11.6 Å². The maximum absolute atomic E-state index is 12.5. The molecule has 3 heterocycles. The highest BCUT2D eigenvalue weighted by molar-refractivity contribution is 6.30. The van der Waals surface area contributed by atoms with Gasteiger partial charge >= 0.3 is 0 Å². The zero-order chi connectivity index (χ0) is 18.8. The van der Waals surface area contributed by atoms with E-state index < -0.39 is 0 Å². The number of nitrogens with zero attached hydrogens (tertiary/aromatic N) is 4. The van der Waals surface area contributed by atoms with Crippen LogP contribution in [-0.2, 0) is 7.05 Å². The van der Waals surface area contributed by atoms with Gasteiger partial charge in [0.25, 0.3) is 5.56 Å². The lowest BCUT2D eigenvalue weighted by Crippen LogP contribution is -2.47. The van der Waals surface area contributed by atoms with Crippen molar-refractivity contribution in [2.24, 2.45) is 7.05 Å². The van der Waals surface area contributed by atoms with E-state index >= 15 is 0 Å². The molecule has 28 heavy (non-hydrogen) atoms. The molecule has 6 nitrogen and oxygen atoms in total. The van der Waals surface area contributed by atoms with Crippen molar-refractivity contribution in [2.45, 2.75) is 6.04 Å². The molecule has 8 heteroatoms. The molecule has 2 aromatic heterocycles. The molecule has 1 aliphatic heterocycles. The molecule has 146 valence electrons. The van der Waals surface area contributed by atoms with Crippen LogP contribution in [0.15, 0.2) is 59.7 Å². The fourth-order valence-electron chi connectivity index (χ4n) is 3.33. The van der Waals surface area contributed by atoms with E-state index in [-0.39, 0.29) is 24.0 Å². The zero-order valence-electron chi connectivity index (χ0n) is 15.4. The molecule has 1 aromatic carbocycles. The van der Waals surface area contributed by atoms with Gasteiger partial charge in [0.2, 0.25) is 5.95 Å². The third-order valence-corrected chi connectivity index (χ3v) is 5.07. The zero-order valence-corrected chi connectivity index (χ0v) is 17.0. The second-order valence-corrected chi connectivity index (χ2v) is 7.02. The number of anilines is 1. The molecule has 1 fully saturated rings. The van der Waals surface area contributed by atoms with Gasteiger partial charge in [-0.3, -0.25) is 14.3 Å². The maximum atomic E-state index is 12.5. The molecule has 1 N–H and O–H groups in total. The summed E-state index contributed by atoms with van der Waals surface area (Å²) >= 11 is 6.01. The molecule has 0 saturated carbocycles. The Morgan fingerprint density at radius 1 is 1.14 bits per heavy atom. The third-order valence-electron chi connectivity index (χ3n) is 4.82. The molecule has 1 atom stereocenters. The first-order chi connectivity index (χ1) is 13.1. The number of hydrogen-bond donors (Lipinski definition) is 1. The highest BCUT2D eigenvalue weighted by Gasteiger charge is 2.24. The van der Waals surface area contributed by atoms with Gasteiger partial charge in [-0.25, -0.2) is 4.98 Å². The second-order valence-electron chi connectivity index (χ2n) is 6.58. The van der Waals surface area contributed by atoms with Gasteiger partial charge in [-0.15, -0.1) is 12.4 Å². The van der Waals surface area contributed by atoms with E-state index in [4.69, 9.17) is 16.6 Å². The quantitative estimate of drug-likeness (QED) is 0.709. The Balaban J connectivity index is 0.00000225. The summed E-state index contributed by atoms with van der Waals surface area (Å²) < 4.78 is 1.61. The largest absolute Gasteiger partial charge is 0.339 e. The summed E-state index contributed by atoms with van der Waals surface area (Å²) in [6.07, 6.45) is 3.41. The molecule has 3 aromatic rings. The molecule has 1 aliphatic rings. The van der Waals surface area contributed by atoms with Crippen LogP contribution in [0.25, 0.3) is 11.3 Å². The van der Waals surface area contributed by atoms with Crippen molar-refractivity contribution in [3.8, 4) is 11.3 Å². The molecule has 1 saturated heterocycles. The fourth-order valence-corrected chi connectivity index (χ4v) is 3.46. The van der Waals surface area contributed by atoms with Crippen molar-refractivity contribution in [1.29, 1.82) is 0 Å². The summed E-state index contributed by atoms with van der Waals surface area (Å²) in [5, 5.41) is 4.25. The van der Waals surface area contributed by atoms with Crippen LogP contribution in [-0.4, -0.2) is 34.2 Å². The minimum atomic E-state index is -0.0756. The van der Waals surface area contributed by atoms with E-state index in [1.165, 1.54) is 5.56 Å². The van der Waals surface area contributed by atoms with E-state index in [1.54, 1.807) is 30.1 Å². The smallest absolute Gasteiger partial charge is 0.255 e. The summed E-state index contributed by atoms with van der Waals surface area (Å²) in [6, 6.07) is 13.3. The lowest BCUT2D eigenvalue weighted by molar-refractivity contribution is 0.462. The van der Waals surface area contributed by atoms with E-state index in [9.17, 15) is 4.79 Å². The van der Waals surface area contributed by atoms with Crippen molar-refractivity contribution in [3.05, 3.63) is 75.8 Å². The van der Waals surface area contributed by atoms with Gasteiger partial charge in [-0.1, -0.05) is 23.7 Å². The lowest BCUT2D eigenvalue weighted by atomic mass is 10.0. The van der Waals surface area contributed by atoms with E-state index in [0.717, 1.165) is 30.2 Å². The van der Waals surface area contributed by atoms with Crippen LogP contribution in [0.2, 0.25) is 5.02 Å². The fraction of sp³-hybridized carbons (Fsp3) is 0.250. The molecule has 0 unspecified atom stereocenters. The van der Waals surface area contributed by atoms with Gasteiger partial charge in [0.05, 0.1) is 5.69 Å². The Morgan fingerprint density at radius 3 is 2.57 bits per heavy atom. The van der Waals surface area contributed by atoms with Crippen LogP contribution in [0.3, 0.4) is 0 Å². The van der Waals surface area contributed by atoms with Crippen molar-refractivity contribution in [1.82, 2.24) is 19.9 Å². The van der Waals surface area contributed by atoms with Gasteiger partial charge in [0.1, 0.15) is 0 Å². The van der Waals surface area contributed by atoms with Crippen molar-refractivity contribution >= 4 is 30.0 Å². The van der Waals surface area contributed by atoms with Gasteiger partial charge in [-0.2, -0.15) is 0 Å². The molecule has 0 radical (unpaired) electrons. The molecule has 0 amide bonds. The predicted octanol–water partition coefficient (Wildman–Crippen LogP) is 3.07. The van der Waals surface area contributed by atoms with Gasteiger partial charge in [0.15, 0.2) is 0 Å². The van der Waals surface area contributed by atoms with Crippen LogP contribution in [0, 0.1) is 0 Å². The summed E-state index contributed by atoms with van der Waals surface area (Å²) in [5.41, 5.74) is 2.64. The van der Waals surface area contributed by atoms with E-state index in [2.05, 4.69) is 15.2 Å². The number of pyridine rings is 1. The molecule has 0 spiro atoms. The van der Waals surface area contributed by atoms with Crippen molar-refractivity contribution in [2.75, 3.05) is 24.5 Å².